The minimum absolute atomic E-state index is 0.133. The average molecular weight is 217 g/mol. The number of alkyl halides is 3. The molecule has 1 aromatic carbocycles. The van der Waals surface area contributed by atoms with Crippen molar-refractivity contribution in [2.75, 3.05) is 5.32 Å². The molecule has 0 saturated heterocycles. The van der Waals surface area contributed by atoms with Crippen LogP contribution in [0.25, 0.3) is 0 Å². The maximum Gasteiger partial charge on any atom is 0.393 e. The van der Waals surface area contributed by atoms with E-state index >= 15 is 0 Å². The standard InChI is InChI=1S/C10H10F3NO/c1-7(15)14-9-4-2-3-8(5-9)6-10(11,12)13/h2-5H,6H2,1H3,(H,14,15). The summed E-state index contributed by atoms with van der Waals surface area (Å²) < 4.78 is 36.1. The predicted molar refractivity (Wildman–Crippen MR) is 50.5 cm³/mol. The molecule has 0 spiro atoms. The predicted octanol–water partition coefficient (Wildman–Crippen LogP) is 2.75. The van der Waals surface area contributed by atoms with Crippen LogP contribution in [0.4, 0.5) is 18.9 Å². The van der Waals surface area contributed by atoms with Crippen molar-refractivity contribution < 1.29 is 18.0 Å². The van der Waals surface area contributed by atoms with E-state index in [0.717, 1.165) is 0 Å². The van der Waals surface area contributed by atoms with Crippen LogP contribution < -0.4 is 5.32 Å². The lowest BCUT2D eigenvalue weighted by Crippen LogP contribution is -2.12. The zero-order valence-corrected chi connectivity index (χ0v) is 8.06. The van der Waals surface area contributed by atoms with Gasteiger partial charge in [-0.05, 0) is 17.7 Å². The molecule has 1 rings (SSSR count). The van der Waals surface area contributed by atoms with Gasteiger partial charge in [-0.25, -0.2) is 0 Å². The summed E-state index contributed by atoms with van der Waals surface area (Å²) in [5.74, 6) is -0.306. The highest BCUT2D eigenvalue weighted by atomic mass is 19.4. The SMILES string of the molecule is CC(=O)Nc1cccc(CC(F)(F)F)c1. The summed E-state index contributed by atoms with van der Waals surface area (Å²) in [6, 6.07) is 5.71. The lowest BCUT2D eigenvalue weighted by atomic mass is 10.1. The third kappa shape index (κ3) is 4.49. The van der Waals surface area contributed by atoms with Crippen LogP contribution >= 0.6 is 0 Å². The van der Waals surface area contributed by atoms with Gasteiger partial charge in [0.05, 0.1) is 6.42 Å². The first-order valence-corrected chi connectivity index (χ1v) is 4.30. The van der Waals surface area contributed by atoms with E-state index in [4.69, 9.17) is 0 Å². The Labute approximate surface area is 85.1 Å². The molecule has 2 nitrogen and oxygen atoms in total. The van der Waals surface area contributed by atoms with E-state index in [1.807, 2.05) is 0 Å². The Kier molecular flexibility index (Phi) is 3.34. The van der Waals surface area contributed by atoms with Crippen molar-refractivity contribution >= 4 is 11.6 Å². The molecule has 5 heteroatoms. The molecule has 0 aliphatic rings. The minimum Gasteiger partial charge on any atom is -0.326 e. The van der Waals surface area contributed by atoms with Crippen molar-refractivity contribution in [3.05, 3.63) is 29.8 Å². The van der Waals surface area contributed by atoms with E-state index in [-0.39, 0.29) is 11.5 Å². The van der Waals surface area contributed by atoms with Crippen LogP contribution in [0.15, 0.2) is 24.3 Å². The molecule has 0 saturated carbocycles. The van der Waals surface area contributed by atoms with Crippen LogP contribution in [0.1, 0.15) is 12.5 Å². The molecule has 82 valence electrons. The first-order valence-electron chi connectivity index (χ1n) is 4.30. The normalized spacial score (nSPS) is 11.2. The number of nitrogens with one attached hydrogen (secondary N) is 1. The van der Waals surface area contributed by atoms with Gasteiger partial charge in [0.15, 0.2) is 0 Å². The third-order valence-electron chi connectivity index (χ3n) is 1.65. The quantitative estimate of drug-likeness (QED) is 0.810. The first-order chi connectivity index (χ1) is 6.87. The number of halogens is 3. The number of carbonyl (C=O) groups excluding carboxylic acids is 1. The lowest BCUT2D eigenvalue weighted by Gasteiger charge is -2.08. The number of anilines is 1. The van der Waals surface area contributed by atoms with Crippen molar-refractivity contribution in [1.29, 1.82) is 0 Å². The number of hydrogen-bond donors (Lipinski definition) is 1. The topological polar surface area (TPSA) is 29.1 Å². The summed E-state index contributed by atoms with van der Waals surface area (Å²) in [5.41, 5.74) is 0.512. The molecule has 1 aromatic rings. The highest BCUT2D eigenvalue weighted by molar-refractivity contribution is 5.88. The van der Waals surface area contributed by atoms with E-state index in [9.17, 15) is 18.0 Å². The van der Waals surface area contributed by atoms with E-state index < -0.39 is 12.6 Å². The van der Waals surface area contributed by atoms with Crippen molar-refractivity contribution in [3.63, 3.8) is 0 Å². The number of rotatable bonds is 2. The zero-order chi connectivity index (χ0) is 11.5. The first kappa shape index (κ1) is 11.6. The molecule has 1 amide bonds. The second-order valence-corrected chi connectivity index (χ2v) is 3.17. The van der Waals surface area contributed by atoms with E-state index in [1.165, 1.54) is 25.1 Å². The lowest BCUT2D eigenvalue weighted by molar-refractivity contribution is -0.127. The van der Waals surface area contributed by atoms with Gasteiger partial charge in [0.1, 0.15) is 0 Å². The molecule has 0 aliphatic heterocycles. The van der Waals surface area contributed by atoms with Crippen molar-refractivity contribution in [2.24, 2.45) is 0 Å². The van der Waals surface area contributed by atoms with Gasteiger partial charge < -0.3 is 5.32 Å². The van der Waals surface area contributed by atoms with Gasteiger partial charge in [0.25, 0.3) is 0 Å². The molecular formula is C10H10F3NO. The van der Waals surface area contributed by atoms with Gasteiger partial charge >= 0.3 is 6.18 Å². The molecule has 0 aliphatic carbocycles. The Balaban J connectivity index is 2.79. The number of hydrogen-bond acceptors (Lipinski definition) is 1. The maximum atomic E-state index is 12.0. The Morgan fingerprint density at radius 3 is 2.60 bits per heavy atom. The molecule has 0 atom stereocenters. The van der Waals surface area contributed by atoms with Crippen LogP contribution in [0.3, 0.4) is 0 Å². The molecule has 15 heavy (non-hydrogen) atoms. The summed E-state index contributed by atoms with van der Waals surface area (Å²) in [6.07, 6.45) is -5.21. The highest BCUT2D eigenvalue weighted by Crippen LogP contribution is 2.22. The van der Waals surface area contributed by atoms with Crippen LogP contribution in [-0.2, 0) is 11.2 Å². The zero-order valence-electron chi connectivity index (χ0n) is 8.06. The maximum absolute atomic E-state index is 12.0. The smallest absolute Gasteiger partial charge is 0.326 e. The largest absolute Gasteiger partial charge is 0.393 e. The molecule has 0 aromatic heterocycles. The fourth-order valence-electron chi connectivity index (χ4n) is 1.19. The highest BCUT2D eigenvalue weighted by Gasteiger charge is 2.27. The van der Waals surface area contributed by atoms with Crippen molar-refractivity contribution in [3.8, 4) is 0 Å². The Morgan fingerprint density at radius 1 is 1.40 bits per heavy atom. The van der Waals surface area contributed by atoms with Crippen molar-refractivity contribution in [1.82, 2.24) is 0 Å². The minimum atomic E-state index is -4.23. The second-order valence-electron chi connectivity index (χ2n) is 3.17. The summed E-state index contributed by atoms with van der Waals surface area (Å²) in [4.78, 5) is 10.7. The third-order valence-corrected chi connectivity index (χ3v) is 1.65. The van der Waals surface area contributed by atoms with Gasteiger partial charge in [-0.1, -0.05) is 12.1 Å². The van der Waals surface area contributed by atoms with Gasteiger partial charge in [-0.3, -0.25) is 4.79 Å². The fraction of sp³-hybridized carbons (Fsp3) is 0.300. The van der Waals surface area contributed by atoms with Crippen molar-refractivity contribution in [2.45, 2.75) is 19.5 Å². The molecule has 1 N–H and O–H groups in total. The van der Waals surface area contributed by atoms with Gasteiger partial charge in [0, 0.05) is 12.6 Å². The molecule has 0 fully saturated rings. The van der Waals surface area contributed by atoms with Crippen LogP contribution in [0, 0.1) is 0 Å². The monoisotopic (exact) mass is 217 g/mol. The fourth-order valence-corrected chi connectivity index (χ4v) is 1.19. The summed E-state index contributed by atoms with van der Waals surface area (Å²) in [7, 11) is 0. The molecule has 0 unspecified atom stereocenters. The Hall–Kier alpha value is -1.52. The summed E-state index contributed by atoms with van der Waals surface area (Å²) >= 11 is 0. The van der Waals surface area contributed by atoms with Gasteiger partial charge in [-0.2, -0.15) is 13.2 Å². The summed E-state index contributed by atoms with van der Waals surface area (Å²) in [6.45, 7) is 1.30. The van der Waals surface area contributed by atoms with Crippen LogP contribution in [-0.4, -0.2) is 12.1 Å². The molecule has 0 radical (unpaired) electrons. The second kappa shape index (κ2) is 4.33. The number of amides is 1. The van der Waals surface area contributed by atoms with Crippen LogP contribution in [0.2, 0.25) is 0 Å². The Bertz CT molecular complexity index is 360. The van der Waals surface area contributed by atoms with E-state index in [1.54, 1.807) is 6.07 Å². The van der Waals surface area contributed by atoms with Crippen LogP contribution in [0.5, 0.6) is 0 Å². The number of carbonyl (C=O) groups is 1. The van der Waals surface area contributed by atoms with E-state index in [2.05, 4.69) is 5.32 Å². The molecular weight excluding hydrogens is 207 g/mol. The van der Waals surface area contributed by atoms with Gasteiger partial charge in [-0.15, -0.1) is 0 Å². The summed E-state index contributed by atoms with van der Waals surface area (Å²) in [5, 5.41) is 2.42. The van der Waals surface area contributed by atoms with Gasteiger partial charge in [0.2, 0.25) is 5.91 Å². The Morgan fingerprint density at radius 2 is 2.07 bits per heavy atom. The average Bonchev–Trinajstić information content (AvgIpc) is 1.99. The molecule has 0 bridgehead atoms. The van der Waals surface area contributed by atoms with E-state index in [0.29, 0.717) is 5.69 Å². The number of benzene rings is 1. The molecule has 0 heterocycles.